The number of halogens is 6. The van der Waals surface area contributed by atoms with Crippen LogP contribution >= 0.6 is 0 Å². The fraction of sp³-hybridized carbons (Fsp3) is 0.182. The van der Waals surface area contributed by atoms with E-state index < -0.39 is 104 Å². The highest BCUT2D eigenvalue weighted by molar-refractivity contribution is 6.11. The van der Waals surface area contributed by atoms with Crippen molar-refractivity contribution in [2.45, 2.75) is 18.4 Å². The number of carbonyl (C=O) groups excluding carboxylic acids is 1. The van der Waals surface area contributed by atoms with Crippen LogP contribution in [0.1, 0.15) is 48.2 Å². The van der Waals surface area contributed by atoms with Gasteiger partial charge >= 0.3 is 24.3 Å². The highest BCUT2D eigenvalue weighted by Gasteiger charge is 2.72. The van der Waals surface area contributed by atoms with Crippen molar-refractivity contribution in [2.24, 2.45) is 5.41 Å². The summed E-state index contributed by atoms with van der Waals surface area (Å²) in [7, 11) is 0. The Bertz CT molecular complexity index is 2100. The van der Waals surface area contributed by atoms with Crippen LogP contribution < -0.4 is 20.3 Å². The van der Waals surface area contributed by atoms with Crippen LogP contribution in [0.2, 0.25) is 0 Å². The molecule has 0 aliphatic heterocycles. The summed E-state index contributed by atoms with van der Waals surface area (Å²) in [6, 6.07) is 11.3. The summed E-state index contributed by atoms with van der Waals surface area (Å²) in [6.07, 6.45) is -12.0. The fourth-order valence-corrected chi connectivity index (χ4v) is 4.97. The number of hydrogen-bond donors (Lipinski definition) is 5. The van der Waals surface area contributed by atoms with Crippen molar-refractivity contribution >= 4 is 34.9 Å². The molecule has 1 unspecified atom stereocenters. The highest BCUT2D eigenvalue weighted by Crippen LogP contribution is 2.51. The molecule has 0 aromatic heterocycles. The molecule has 0 saturated carbocycles. The van der Waals surface area contributed by atoms with E-state index in [1.165, 1.54) is 0 Å². The van der Waals surface area contributed by atoms with Gasteiger partial charge in [0, 0.05) is 30.0 Å². The van der Waals surface area contributed by atoms with E-state index in [9.17, 15) is 76.4 Å². The van der Waals surface area contributed by atoms with Crippen molar-refractivity contribution in [3.05, 3.63) is 133 Å². The number of carboxylic acids is 2. The molecule has 55 heavy (non-hydrogen) atoms. The molecule has 4 aromatic rings. The second-order valence-corrected chi connectivity index (χ2v) is 11.4. The average Bonchev–Trinajstić information content (AvgIpc) is 3.11. The molecule has 0 saturated heterocycles. The molecule has 0 aliphatic rings. The van der Waals surface area contributed by atoms with E-state index in [0.717, 1.165) is 78.9 Å². The average molecular weight is 783 g/mol. The summed E-state index contributed by atoms with van der Waals surface area (Å²) in [5, 5.41) is 53.1. The largest absolute Gasteiger partial charge is 0.492 e. The molecule has 4 rings (SSSR count). The van der Waals surface area contributed by atoms with Crippen LogP contribution in [0.15, 0.2) is 84.9 Å². The van der Waals surface area contributed by atoms with Crippen LogP contribution in [0.5, 0.6) is 11.5 Å². The summed E-state index contributed by atoms with van der Waals surface area (Å²) in [5.41, 5.74) is -6.16. The number of rotatable bonds is 15. The van der Waals surface area contributed by atoms with Gasteiger partial charge in [0.2, 0.25) is 5.41 Å². The maximum Gasteiger partial charge on any atom is 0.409 e. The van der Waals surface area contributed by atoms with Gasteiger partial charge in [-0.05, 0) is 59.7 Å². The third-order valence-electron chi connectivity index (χ3n) is 7.99. The Labute approximate surface area is 302 Å². The van der Waals surface area contributed by atoms with Crippen molar-refractivity contribution in [3.63, 3.8) is 0 Å². The van der Waals surface area contributed by atoms with Crippen molar-refractivity contribution < 1.29 is 75.5 Å². The zero-order valence-electron chi connectivity index (χ0n) is 27.3. The molecule has 22 heteroatoms. The molecule has 0 bridgehead atoms. The van der Waals surface area contributed by atoms with Crippen molar-refractivity contribution in [2.75, 3.05) is 18.5 Å². The predicted molar refractivity (Wildman–Crippen MR) is 173 cm³/mol. The Hall–Kier alpha value is -6.81. The van der Waals surface area contributed by atoms with Crippen molar-refractivity contribution in [3.8, 4) is 11.5 Å². The number of nitro benzene ring substituents is 2. The van der Waals surface area contributed by atoms with Crippen molar-refractivity contribution in [1.29, 1.82) is 0 Å². The van der Waals surface area contributed by atoms with E-state index in [0.29, 0.717) is 6.07 Å². The van der Waals surface area contributed by atoms with Crippen LogP contribution in [0.3, 0.4) is 0 Å². The number of alkyl halides is 6. The number of hydroxylamine groups is 1. The first kappa shape index (κ1) is 41.0. The summed E-state index contributed by atoms with van der Waals surface area (Å²) in [6.45, 7) is -4.11. The first-order valence-corrected chi connectivity index (χ1v) is 15.0. The van der Waals surface area contributed by atoms with Crippen LogP contribution in [0.4, 0.5) is 43.4 Å². The number of ether oxygens (including phenoxy) is 2. The molecule has 5 N–H and O–H groups in total. The number of carboxylic acid groups (broad SMARTS) is 2. The Morgan fingerprint density at radius 1 is 0.673 bits per heavy atom. The topological polar surface area (TPSA) is 241 Å². The Morgan fingerprint density at radius 3 is 1.56 bits per heavy atom. The Kier molecular flexibility index (Phi) is 12.0. The zero-order valence-corrected chi connectivity index (χ0v) is 27.3. The van der Waals surface area contributed by atoms with Gasteiger partial charge in [0.15, 0.2) is 0 Å². The smallest absolute Gasteiger partial charge is 0.409 e. The molecule has 0 fully saturated rings. The summed E-state index contributed by atoms with van der Waals surface area (Å²) >= 11 is 0. The minimum Gasteiger partial charge on any atom is -0.492 e. The molecular formula is C33H24F6N4O12. The van der Waals surface area contributed by atoms with E-state index in [1.807, 2.05) is 0 Å². The van der Waals surface area contributed by atoms with Gasteiger partial charge in [-0.15, -0.1) is 0 Å². The van der Waals surface area contributed by atoms with Gasteiger partial charge in [0.25, 0.3) is 17.3 Å². The Balaban J connectivity index is 1.53. The van der Waals surface area contributed by atoms with Gasteiger partial charge in [-0.2, -0.15) is 31.8 Å². The molecule has 16 nitrogen and oxygen atoms in total. The quantitative estimate of drug-likeness (QED) is 0.0475. The number of nitrogens with one attached hydrogen (secondary N) is 2. The van der Waals surface area contributed by atoms with Crippen LogP contribution in [-0.4, -0.2) is 68.7 Å². The van der Waals surface area contributed by atoms with Gasteiger partial charge in [0.1, 0.15) is 24.7 Å². The van der Waals surface area contributed by atoms with Gasteiger partial charge in [-0.25, -0.2) is 9.59 Å². The van der Waals surface area contributed by atoms with E-state index in [4.69, 9.17) is 9.47 Å². The third kappa shape index (κ3) is 9.05. The Morgan fingerprint density at radius 2 is 1.13 bits per heavy atom. The zero-order chi connectivity index (χ0) is 40.9. The molecule has 0 spiro atoms. The fourth-order valence-electron chi connectivity index (χ4n) is 4.97. The standard InChI is InChI=1S/C33H24F6N4O12/c34-32(35,36)31(33(37,38)39,15-54-21-7-1-17(2-8-21)27(41-49)25-13-19(42(50)51)5-11-23(25)29(45)46)16-55-22-9-3-18(4-10-22)40-28(44)26-14-20(43(52)53)6-12-24(26)30(47)48/h1-14,27,41,49H,15-16H2,(H,40,44)(H,45,46)(H,47,48). The first-order chi connectivity index (χ1) is 25.7. The maximum atomic E-state index is 14.3. The second-order valence-electron chi connectivity index (χ2n) is 11.4. The summed E-state index contributed by atoms with van der Waals surface area (Å²) < 4.78 is 95.4. The van der Waals surface area contributed by atoms with E-state index in [2.05, 4.69) is 5.32 Å². The molecular weight excluding hydrogens is 758 g/mol. The lowest BCUT2D eigenvalue weighted by Crippen LogP contribution is -2.57. The second kappa shape index (κ2) is 16.1. The lowest BCUT2D eigenvalue weighted by atomic mass is 9.88. The molecule has 0 heterocycles. The monoisotopic (exact) mass is 782 g/mol. The van der Waals surface area contributed by atoms with Crippen molar-refractivity contribution in [1.82, 2.24) is 5.48 Å². The number of nitro groups is 2. The number of anilines is 1. The van der Waals surface area contributed by atoms with E-state index in [-0.39, 0.29) is 16.8 Å². The molecule has 4 aromatic carbocycles. The number of aromatic carboxylic acids is 2. The molecule has 1 atom stereocenters. The van der Waals surface area contributed by atoms with E-state index in [1.54, 1.807) is 5.48 Å². The minimum atomic E-state index is -6.01. The number of amides is 1. The maximum absolute atomic E-state index is 14.3. The summed E-state index contributed by atoms with van der Waals surface area (Å²) in [5.74, 6) is -5.33. The predicted octanol–water partition coefficient (Wildman–Crippen LogP) is 6.79. The van der Waals surface area contributed by atoms with E-state index >= 15 is 0 Å². The number of non-ortho nitro benzene ring substituents is 2. The van der Waals surface area contributed by atoms with Gasteiger partial charge in [0.05, 0.1) is 32.6 Å². The first-order valence-electron chi connectivity index (χ1n) is 15.0. The van der Waals surface area contributed by atoms with Gasteiger partial charge in [-0.1, -0.05) is 12.1 Å². The summed E-state index contributed by atoms with van der Waals surface area (Å²) in [4.78, 5) is 56.5. The number of nitrogens with zero attached hydrogens (tertiary/aromatic N) is 2. The number of benzene rings is 4. The van der Waals surface area contributed by atoms with Gasteiger partial charge < -0.3 is 30.2 Å². The number of hydrogen-bond acceptors (Lipinski definition) is 11. The number of carbonyl (C=O) groups is 3. The van der Waals surface area contributed by atoms with Crippen LogP contribution in [0, 0.1) is 25.6 Å². The third-order valence-corrected chi connectivity index (χ3v) is 7.99. The van der Waals surface area contributed by atoms with Crippen LogP contribution in [0.25, 0.3) is 0 Å². The SMILES string of the molecule is O=C(O)c1ccc([N+](=O)[O-])cc1C(=O)Nc1ccc(OCC(COc2ccc(C(NO)c3cc([N+](=O)[O-])ccc3C(=O)O)cc2)(C(F)(F)F)C(F)(F)F)cc1. The van der Waals surface area contributed by atoms with Crippen LogP contribution in [-0.2, 0) is 0 Å². The molecule has 290 valence electrons. The lowest BCUT2D eigenvalue weighted by molar-refractivity contribution is -0.385. The lowest BCUT2D eigenvalue weighted by Gasteiger charge is -2.36. The molecule has 0 aliphatic carbocycles. The normalized spacial score (nSPS) is 12.3. The van der Waals surface area contributed by atoms with Gasteiger partial charge in [-0.3, -0.25) is 25.0 Å². The highest BCUT2D eigenvalue weighted by atomic mass is 19.4. The molecule has 1 amide bonds. The molecule has 0 radical (unpaired) electrons. The minimum absolute atomic E-state index is 0.0221.